The van der Waals surface area contributed by atoms with Crippen molar-refractivity contribution in [2.45, 2.75) is 77.9 Å². The summed E-state index contributed by atoms with van der Waals surface area (Å²) < 4.78 is 0. The third kappa shape index (κ3) is 4.75. The zero-order valence-electron chi connectivity index (χ0n) is 15.6. The number of benzene rings is 1. The number of hydrogen-bond acceptors (Lipinski definition) is 0. The quantitative estimate of drug-likeness (QED) is 0.416. The molecule has 0 fully saturated rings. The summed E-state index contributed by atoms with van der Waals surface area (Å²) in [6, 6.07) is 10.8. The van der Waals surface area contributed by atoms with Crippen LogP contribution in [0.1, 0.15) is 60.5 Å². The Morgan fingerprint density at radius 3 is 1.77 bits per heavy atom. The van der Waals surface area contributed by atoms with Crippen LogP contribution in [-0.4, -0.2) is 8.07 Å². The third-order valence-electron chi connectivity index (χ3n) is 5.11. The average molecular weight is 315 g/mol. The minimum absolute atomic E-state index is 0.489. The molecule has 0 aliphatic heterocycles. The molecule has 0 spiro atoms. The Labute approximate surface area is 139 Å². The molecule has 0 N–H and O–H groups in total. The predicted octanol–water partition coefficient (Wildman–Crippen LogP) is 6.48. The first-order valence-corrected chi connectivity index (χ1v) is 11.1. The van der Waals surface area contributed by atoms with Crippen LogP contribution in [-0.2, 0) is 6.42 Å². The maximum Gasteiger partial charge on any atom is 0.145 e. The molecule has 0 radical (unpaired) electrons. The summed E-state index contributed by atoms with van der Waals surface area (Å²) in [6.45, 7) is 16.6. The minimum atomic E-state index is -1.56. The average Bonchev–Trinajstić information content (AvgIpc) is 2.45. The second-order valence-corrected chi connectivity index (χ2v) is 13.2. The van der Waals surface area contributed by atoms with Gasteiger partial charge in [0.25, 0.3) is 0 Å². The summed E-state index contributed by atoms with van der Waals surface area (Å²) in [4.78, 5) is 0. The molecular formula is C21H34Si. The number of rotatable bonds is 6. The molecule has 0 bridgehead atoms. The SMILES string of the molecule is CC(C#C[Si](C(C)C)(C(C)C)C(C)C)CCc1ccccc1. The minimum Gasteiger partial charge on any atom is -0.130 e. The fourth-order valence-corrected chi connectivity index (χ4v) is 9.14. The first-order chi connectivity index (χ1) is 10.3. The van der Waals surface area contributed by atoms with Crippen LogP contribution in [0.5, 0.6) is 0 Å². The third-order valence-corrected chi connectivity index (χ3v) is 11.4. The molecule has 0 aromatic heterocycles. The fourth-order valence-electron chi connectivity index (χ4n) is 3.78. The molecule has 0 heterocycles. The Balaban J connectivity index is 2.80. The maximum absolute atomic E-state index is 3.86. The first-order valence-electron chi connectivity index (χ1n) is 8.87. The summed E-state index contributed by atoms with van der Waals surface area (Å²) >= 11 is 0. The van der Waals surface area contributed by atoms with Gasteiger partial charge in [0.15, 0.2) is 0 Å². The smallest absolute Gasteiger partial charge is 0.130 e. The van der Waals surface area contributed by atoms with Crippen molar-refractivity contribution >= 4 is 8.07 Å². The van der Waals surface area contributed by atoms with Gasteiger partial charge in [-0.1, -0.05) is 78.8 Å². The van der Waals surface area contributed by atoms with E-state index in [-0.39, 0.29) is 0 Å². The lowest BCUT2D eigenvalue weighted by molar-refractivity contribution is 0.668. The lowest BCUT2D eigenvalue weighted by atomic mass is 10.0. The first kappa shape index (κ1) is 19.0. The van der Waals surface area contributed by atoms with Crippen LogP contribution >= 0.6 is 0 Å². The van der Waals surface area contributed by atoms with Gasteiger partial charge in [-0.2, -0.15) is 0 Å². The van der Waals surface area contributed by atoms with E-state index in [4.69, 9.17) is 0 Å². The van der Waals surface area contributed by atoms with E-state index >= 15 is 0 Å². The van der Waals surface area contributed by atoms with Crippen molar-refractivity contribution in [2.24, 2.45) is 5.92 Å². The van der Waals surface area contributed by atoms with Crippen LogP contribution in [0.2, 0.25) is 16.6 Å². The van der Waals surface area contributed by atoms with E-state index in [2.05, 4.69) is 90.3 Å². The van der Waals surface area contributed by atoms with Gasteiger partial charge in [0, 0.05) is 5.92 Å². The maximum atomic E-state index is 3.86. The van der Waals surface area contributed by atoms with Gasteiger partial charge in [0.2, 0.25) is 0 Å². The van der Waals surface area contributed by atoms with Crippen LogP contribution in [0.15, 0.2) is 30.3 Å². The van der Waals surface area contributed by atoms with E-state index in [1.165, 1.54) is 5.56 Å². The topological polar surface area (TPSA) is 0 Å². The van der Waals surface area contributed by atoms with Gasteiger partial charge in [-0.05, 0) is 35.0 Å². The van der Waals surface area contributed by atoms with Gasteiger partial charge >= 0.3 is 0 Å². The summed E-state index contributed by atoms with van der Waals surface area (Å²) in [5.41, 5.74) is 7.45. The Morgan fingerprint density at radius 1 is 0.818 bits per heavy atom. The van der Waals surface area contributed by atoms with Crippen molar-refractivity contribution in [1.82, 2.24) is 0 Å². The van der Waals surface area contributed by atoms with E-state index in [1.54, 1.807) is 0 Å². The molecule has 1 aromatic carbocycles. The van der Waals surface area contributed by atoms with Crippen molar-refractivity contribution in [3.05, 3.63) is 35.9 Å². The van der Waals surface area contributed by atoms with Crippen molar-refractivity contribution in [1.29, 1.82) is 0 Å². The van der Waals surface area contributed by atoms with Gasteiger partial charge in [-0.15, -0.1) is 11.5 Å². The summed E-state index contributed by atoms with van der Waals surface area (Å²) in [7, 11) is -1.56. The Kier molecular flexibility index (Phi) is 7.43. The van der Waals surface area contributed by atoms with E-state index < -0.39 is 8.07 Å². The van der Waals surface area contributed by atoms with Crippen molar-refractivity contribution in [3.8, 4) is 11.5 Å². The molecule has 1 heteroatoms. The van der Waals surface area contributed by atoms with Crippen LogP contribution in [0.25, 0.3) is 0 Å². The predicted molar refractivity (Wildman–Crippen MR) is 103 cm³/mol. The molecule has 0 saturated heterocycles. The van der Waals surface area contributed by atoms with Crippen LogP contribution in [0.3, 0.4) is 0 Å². The van der Waals surface area contributed by atoms with Gasteiger partial charge < -0.3 is 0 Å². The zero-order valence-corrected chi connectivity index (χ0v) is 16.6. The van der Waals surface area contributed by atoms with Crippen LogP contribution < -0.4 is 0 Å². The number of hydrogen-bond donors (Lipinski definition) is 0. The van der Waals surface area contributed by atoms with Crippen LogP contribution in [0, 0.1) is 17.4 Å². The molecule has 1 aromatic rings. The van der Waals surface area contributed by atoms with E-state index in [1.807, 2.05) is 0 Å². The highest BCUT2D eigenvalue weighted by Crippen LogP contribution is 2.40. The molecule has 1 atom stereocenters. The molecular weight excluding hydrogens is 280 g/mol. The van der Waals surface area contributed by atoms with Crippen molar-refractivity contribution in [2.75, 3.05) is 0 Å². The Morgan fingerprint density at radius 2 is 1.32 bits per heavy atom. The van der Waals surface area contributed by atoms with Gasteiger partial charge in [0.1, 0.15) is 8.07 Å². The zero-order chi connectivity index (χ0) is 16.8. The molecule has 0 saturated carbocycles. The second kappa shape index (κ2) is 8.58. The molecule has 0 aliphatic rings. The van der Waals surface area contributed by atoms with Crippen molar-refractivity contribution in [3.63, 3.8) is 0 Å². The normalized spacial score (nSPS) is 13.4. The second-order valence-electron chi connectivity index (χ2n) is 7.59. The molecule has 22 heavy (non-hydrogen) atoms. The van der Waals surface area contributed by atoms with Gasteiger partial charge in [-0.25, -0.2) is 0 Å². The molecule has 122 valence electrons. The Hall–Kier alpha value is -1.00. The van der Waals surface area contributed by atoms with E-state index in [0.29, 0.717) is 5.92 Å². The largest absolute Gasteiger partial charge is 0.145 e. The highest BCUT2D eigenvalue weighted by atomic mass is 28.3. The van der Waals surface area contributed by atoms with Crippen molar-refractivity contribution < 1.29 is 0 Å². The highest BCUT2D eigenvalue weighted by molar-refractivity contribution is 6.90. The standard InChI is InChI=1S/C21H34Si/c1-17(2)22(18(3)4,19(5)6)16-15-20(7)13-14-21-11-9-8-10-12-21/h8-12,17-20H,13-14H2,1-7H3. The fraction of sp³-hybridized carbons (Fsp3) is 0.619. The van der Waals surface area contributed by atoms with E-state index in [0.717, 1.165) is 29.5 Å². The lowest BCUT2D eigenvalue weighted by Gasteiger charge is -2.38. The summed E-state index contributed by atoms with van der Waals surface area (Å²) in [6.07, 6.45) is 2.30. The Bertz CT molecular complexity index is 466. The molecule has 0 aliphatic carbocycles. The molecule has 0 nitrogen and oxygen atoms in total. The van der Waals surface area contributed by atoms with Gasteiger partial charge in [0.05, 0.1) is 0 Å². The summed E-state index contributed by atoms with van der Waals surface area (Å²) in [5, 5.41) is 0. The monoisotopic (exact) mass is 314 g/mol. The lowest BCUT2D eigenvalue weighted by Crippen LogP contribution is -2.43. The van der Waals surface area contributed by atoms with Gasteiger partial charge in [-0.3, -0.25) is 0 Å². The van der Waals surface area contributed by atoms with Crippen LogP contribution in [0.4, 0.5) is 0 Å². The molecule has 1 unspecified atom stereocenters. The van der Waals surface area contributed by atoms with E-state index in [9.17, 15) is 0 Å². The molecule has 0 amide bonds. The highest BCUT2D eigenvalue weighted by Gasteiger charge is 2.41. The molecule has 1 rings (SSSR count). The number of aryl methyl sites for hydroxylation is 1. The summed E-state index contributed by atoms with van der Waals surface area (Å²) in [5.74, 6) is 4.14.